The van der Waals surface area contributed by atoms with Crippen molar-refractivity contribution in [2.75, 3.05) is 0 Å². The molecule has 0 aliphatic carbocycles. The second-order valence-electron chi connectivity index (χ2n) is 7.33. The molecule has 5 nitrogen and oxygen atoms in total. The number of carbonyl (C=O) groups excluding carboxylic acids is 2. The molecule has 0 N–H and O–H groups in total. The minimum atomic E-state index is -0.888. The van der Waals surface area contributed by atoms with Gasteiger partial charge in [-0.1, -0.05) is 12.1 Å². The molecule has 0 fully saturated rings. The van der Waals surface area contributed by atoms with Crippen molar-refractivity contribution < 1.29 is 19.1 Å². The molecule has 5 heteroatoms. The van der Waals surface area contributed by atoms with Gasteiger partial charge in [-0.25, -0.2) is 9.59 Å². The molecule has 0 bridgehead atoms. The van der Waals surface area contributed by atoms with Gasteiger partial charge in [0.2, 0.25) is 6.08 Å². The van der Waals surface area contributed by atoms with Crippen LogP contribution in [-0.2, 0) is 20.7 Å². The van der Waals surface area contributed by atoms with Gasteiger partial charge < -0.3 is 9.47 Å². The highest BCUT2D eigenvalue weighted by atomic mass is 16.6. The van der Waals surface area contributed by atoms with Crippen LogP contribution in [0.4, 0.5) is 0 Å². The molecule has 0 radical (unpaired) electrons. The normalized spacial score (nSPS) is 13.0. The van der Waals surface area contributed by atoms with Crippen LogP contribution in [0.25, 0.3) is 0 Å². The molecular formula is C18H25NO4. The van der Waals surface area contributed by atoms with E-state index in [0.717, 1.165) is 11.3 Å². The van der Waals surface area contributed by atoms with Gasteiger partial charge in [0.25, 0.3) is 0 Å². The van der Waals surface area contributed by atoms with E-state index in [4.69, 9.17) is 9.47 Å². The van der Waals surface area contributed by atoms with E-state index >= 15 is 0 Å². The van der Waals surface area contributed by atoms with Crippen molar-refractivity contribution in [2.45, 2.75) is 65.2 Å². The van der Waals surface area contributed by atoms with Crippen molar-refractivity contribution in [3.8, 4) is 5.75 Å². The Balaban J connectivity index is 2.81. The molecule has 1 rings (SSSR count). The van der Waals surface area contributed by atoms with Crippen LogP contribution in [0.2, 0.25) is 0 Å². The zero-order valence-electron chi connectivity index (χ0n) is 14.7. The number of hydrogen-bond acceptors (Lipinski definition) is 5. The number of benzene rings is 1. The van der Waals surface area contributed by atoms with Crippen molar-refractivity contribution in [3.05, 3.63) is 29.8 Å². The molecule has 0 saturated heterocycles. The lowest BCUT2D eigenvalue weighted by Gasteiger charge is -2.22. The summed E-state index contributed by atoms with van der Waals surface area (Å²) >= 11 is 0. The van der Waals surface area contributed by atoms with Gasteiger partial charge in [0.1, 0.15) is 17.0 Å². The van der Waals surface area contributed by atoms with Crippen molar-refractivity contribution in [1.82, 2.24) is 0 Å². The summed E-state index contributed by atoms with van der Waals surface area (Å²) in [5.74, 6) is 0.213. The minimum absolute atomic E-state index is 0.275. The van der Waals surface area contributed by atoms with Crippen LogP contribution in [0.3, 0.4) is 0 Å². The van der Waals surface area contributed by atoms with Gasteiger partial charge >= 0.3 is 5.97 Å². The van der Waals surface area contributed by atoms with Crippen LogP contribution >= 0.6 is 0 Å². The molecule has 1 aromatic carbocycles. The molecule has 0 aliphatic rings. The van der Waals surface area contributed by atoms with E-state index in [2.05, 4.69) is 4.99 Å². The number of ether oxygens (including phenoxy) is 2. The number of nitrogens with zero attached hydrogens (tertiary/aromatic N) is 1. The second kappa shape index (κ2) is 7.42. The van der Waals surface area contributed by atoms with Gasteiger partial charge in [0.15, 0.2) is 6.04 Å². The van der Waals surface area contributed by atoms with Crippen molar-refractivity contribution in [2.24, 2.45) is 4.99 Å². The van der Waals surface area contributed by atoms with Crippen LogP contribution in [0.5, 0.6) is 5.75 Å². The average molecular weight is 319 g/mol. The molecule has 0 unspecified atom stereocenters. The lowest BCUT2D eigenvalue weighted by molar-refractivity contribution is -0.156. The highest BCUT2D eigenvalue weighted by molar-refractivity contribution is 5.77. The molecule has 1 atom stereocenters. The fourth-order valence-corrected chi connectivity index (χ4v) is 1.89. The first kappa shape index (κ1) is 18.9. The predicted molar refractivity (Wildman–Crippen MR) is 88.3 cm³/mol. The third kappa shape index (κ3) is 7.61. The zero-order valence-corrected chi connectivity index (χ0v) is 14.7. The Morgan fingerprint density at radius 3 is 2.09 bits per heavy atom. The van der Waals surface area contributed by atoms with Crippen LogP contribution in [-0.4, -0.2) is 29.3 Å². The van der Waals surface area contributed by atoms with Crippen molar-refractivity contribution in [1.29, 1.82) is 0 Å². The Hall–Kier alpha value is -2.13. The smallest absolute Gasteiger partial charge is 0.332 e. The van der Waals surface area contributed by atoms with E-state index in [1.165, 1.54) is 6.08 Å². The zero-order chi connectivity index (χ0) is 17.7. The van der Waals surface area contributed by atoms with Gasteiger partial charge in [0, 0.05) is 6.42 Å². The number of esters is 1. The van der Waals surface area contributed by atoms with Crippen LogP contribution < -0.4 is 4.74 Å². The molecule has 0 saturated carbocycles. The third-order valence-corrected chi connectivity index (χ3v) is 2.66. The molecule has 0 aliphatic heterocycles. The summed E-state index contributed by atoms with van der Waals surface area (Å²) in [5.41, 5.74) is -0.0401. The lowest BCUT2D eigenvalue weighted by atomic mass is 10.1. The Morgan fingerprint density at radius 2 is 1.65 bits per heavy atom. The Bertz CT molecular complexity index is 573. The average Bonchev–Trinajstić information content (AvgIpc) is 2.36. The number of isocyanates is 1. The van der Waals surface area contributed by atoms with Gasteiger partial charge in [-0.15, -0.1) is 0 Å². The van der Waals surface area contributed by atoms with E-state index in [1.54, 1.807) is 20.8 Å². The monoisotopic (exact) mass is 319 g/mol. The van der Waals surface area contributed by atoms with Crippen LogP contribution in [0.1, 0.15) is 47.1 Å². The lowest BCUT2D eigenvalue weighted by Crippen LogP contribution is -2.32. The number of carbonyl (C=O) groups is 1. The maximum atomic E-state index is 12.1. The fraction of sp³-hybridized carbons (Fsp3) is 0.556. The van der Waals surface area contributed by atoms with E-state index in [9.17, 15) is 9.59 Å². The van der Waals surface area contributed by atoms with Gasteiger partial charge in [-0.3, -0.25) is 0 Å². The molecular weight excluding hydrogens is 294 g/mol. The maximum Gasteiger partial charge on any atom is 0.332 e. The Morgan fingerprint density at radius 1 is 1.09 bits per heavy atom. The van der Waals surface area contributed by atoms with Crippen LogP contribution in [0, 0.1) is 0 Å². The summed E-state index contributed by atoms with van der Waals surface area (Å²) in [5, 5.41) is 0. The maximum absolute atomic E-state index is 12.1. The quantitative estimate of drug-likeness (QED) is 0.474. The first-order valence-corrected chi connectivity index (χ1v) is 7.58. The van der Waals surface area contributed by atoms with E-state index < -0.39 is 17.6 Å². The fourth-order valence-electron chi connectivity index (χ4n) is 1.89. The number of hydrogen-bond donors (Lipinski definition) is 0. The third-order valence-electron chi connectivity index (χ3n) is 2.66. The standard InChI is InChI=1S/C18H25NO4/c1-17(2,3)22-14-9-7-13(8-10-14)11-15(19-12-20)16(21)23-18(4,5)6/h7-10,15H,11H2,1-6H3/t15-/m0/s1. The van der Waals surface area contributed by atoms with Crippen molar-refractivity contribution >= 4 is 12.0 Å². The summed E-state index contributed by atoms with van der Waals surface area (Å²) in [6, 6.07) is 6.47. The first-order valence-electron chi connectivity index (χ1n) is 7.58. The van der Waals surface area contributed by atoms with Crippen LogP contribution in [0.15, 0.2) is 29.3 Å². The predicted octanol–water partition coefficient (Wildman–Crippen LogP) is 3.45. The Kier molecular flexibility index (Phi) is 6.11. The second-order valence-corrected chi connectivity index (χ2v) is 7.33. The highest BCUT2D eigenvalue weighted by Gasteiger charge is 2.25. The summed E-state index contributed by atoms with van der Waals surface area (Å²) in [4.78, 5) is 26.2. The molecule has 0 aromatic heterocycles. The number of rotatable bonds is 5. The molecule has 1 aromatic rings. The van der Waals surface area contributed by atoms with Gasteiger partial charge in [0.05, 0.1) is 0 Å². The topological polar surface area (TPSA) is 65.0 Å². The summed E-state index contributed by atoms with van der Waals surface area (Å²) in [6.07, 6.45) is 1.72. The summed E-state index contributed by atoms with van der Waals surface area (Å²) in [7, 11) is 0. The first-order chi connectivity index (χ1) is 10.5. The van der Waals surface area contributed by atoms with E-state index in [1.807, 2.05) is 45.0 Å². The van der Waals surface area contributed by atoms with Gasteiger partial charge in [-0.05, 0) is 59.2 Å². The Labute approximate surface area is 137 Å². The highest BCUT2D eigenvalue weighted by Crippen LogP contribution is 2.20. The molecule has 126 valence electrons. The number of aliphatic imine (C=N–C) groups is 1. The van der Waals surface area contributed by atoms with E-state index in [0.29, 0.717) is 0 Å². The SMILES string of the molecule is CC(C)(C)OC(=O)[C@H](Cc1ccc(OC(C)(C)C)cc1)N=C=O. The molecule has 0 amide bonds. The molecule has 23 heavy (non-hydrogen) atoms. The summed E-state index contributed by atoms with van der Waals surface area (Å²) < 4.78 is 11.0. The van der Waals surface area contributed by atoms with E-state index in [-0.39, 0.29) is 12.0 Å². The summed E-state index contributed by atoms with van der Waals surface area (Å²) in [6.45, 7) is 11.2. The minimum Gasteiger partial charge on any atom is -0.488 e. The van der Waals surface area contributed by atoms with Gasteiger partial charge in [-0.2, -0.15) is 4.99 Å². The molecule has 0 heterocycles. The van der Waals surface area contributed by atoms with Crippen molar-refractivity contribution in [3.63, 3.8) is 0 Å². The molecule has 0 spiro atoms. The largest absolute Gasteiger partial charge is 0.488 e.